The zero-order chi connectivity index (χ0) is 13.1. The van der Waals surface area contributed by atoms with Crippen molar-refractivity contribution in [1.29, 1.82) is 0 Å². The molecule has 0 aromatic carbocycles. The summed E-state index contributed by atoms with van der Waals surface area (Å²) in [5.74, 6) is 0.539. The molecule has 1 heterocycles. The predicted molar refractivity (Wildman–Crippen MR) is 74.5 cm³/mol. The van der Waals surface area contributed by atoms with Gasteiger partial charge in [0.1, 0.15) is 0 Å². The molecular weight excluding hydrogens is 226 g/mol. The largest absolute Gasteiger partial charge is 0.381 e. The minimum absolute atomic E-state index is 0.0380. The van der Waals surface area contributed by atoms with Crippen molar-refractivity contribution in [2.24, 2.45) is 5.92 Å². The van der Waals surface area contributed by atoms with Gasteiger partial charge in [0, 0.05) is 13.2 Å². The van der Waals surface area contributed by atoms with Gasteiger partial charge < -0.3 is 10.1 Å². The van der Waals surface area contributed by atoms with E-state index in [4.69, 9.17) is 4.74 Å². The number of hydrogen-bond donors (Lipinski definition) is 1. The Morgan fingerprint density at radius 1 is 1.39 bits per heavy atom. The van der Waals surface area contributed by atoms with Gasteiger partial charge in [0.2, 0.25) is 5.91 Å². The first kappa shape index (κ1) is 15.2. The van der Waals surface area contributed by atoms with Crippen LogP contribution in [0.3, 0.4) is 0 Å². The van der Waals surface area contributed by atoms with Crippen molar-refractivity contribution in [3.63, 3.8) is 0 Å². The van der Waals surface area contributed by atoms with Gasteiger partial charge in [-0.2, -0.15) is 0 Å². The molecule has 0 saturated carbocycles. The Bertz CT molecular complexity index is 245. The molecule has 3 heteroatoms. The molecule has 0 radical (unpaired) electrons. The number of allylic oxidation sites excluding steroid dienone is 1. The Morgan fingerprint density at radius 2 is 2.28 bits per heavy atom. The van der Waals surface area contributed by atoms with E-state index in [0.717, 1.165) is 32.6 Å². The molecule has 1 atom stereocenters. The van der Waals surface area contributed by atoms with E-state index in [9.17, 15) is 4.79 Å². The Kier molecular flexibility index (Phi) is 8.57. The van der Waals surface area contributed by atoms with Gasteiger partial charge >= 0.3 is 0 Å². The molecule has 0 bridgehead atoms. The third-order valence-corrected chi connectivity index (χ3v) is 3.31. The Labute approximate surface area is 111 Å². The smallest absolute Gasteiger partial charge is 0.243 e. The SMILES string of the molecule is CCCCCC/C=C/C(=O)NCC1CCCOC1. The lowest BCUT2D eigenvalue weighted by Crippen LogP contribution is -2.32. The average Bonchev–Trinajstić information content (AvgIpc) is 2.41. The highest BCUT2D eigenvalue weighted by molar-refractivity contribution is 5.87. The molecule has 1 saturated heterocycles. The molecule has 1 rings (SSSR count). The molecule has 3 nitrogen and oxygen atoms in total. The van der Waals surface area contributed by atoms with Gasteiger partial charge in [0.05, 0.1) is 6.61 Å². The van der Waals surface area contributed by atoms with Crippen LogP contribution in [-0.2, 0) is 9.53 Å². The Balaban J connectivity index is 2.00. The van der Waals surface area contributed by atoms with E-state index in [2.05, 4.69) is 12.2 Å². The number of nitrogens with one attached hydrogen (secondary N) is 1. The minimum Gasteiger partial charge on any atom is -0.381 e. The van der Waals surface area contributed by atoms with Gasteiger partial charge in [-0.15, -0.1) is 0 Å². The van der Waals surface area contributed by atoms with Crippen LogP contribution >= 0.6 is 0 Å². The number of ether oxygens (including phenoxy) is 1. The van der Waals surface area contributed by atoms with Gasteiger partial charge in [-0.3, -0.25) is 4.79 Å². The number of amides is 1. The van der Waals surface area contributed by atoms with Crippen LogP contribution in [-0.4, -0.2) is 25.7 Å². The van der Waals surface area contributed by atoms with Gasteiger partial charge in [-0.1, -0.05) is 32.3 Å². The highest BCUT2D eigenvalue weighted by Gasteiger charge is 2.13. The fourth-order valence-electron chi connectivity index (χ4n) is 2.15. The van der Waals surface area contributed by atoms with E-state index < -0.39 is 0 Å². The van der Waals surface area contributed by atoms with Crippen LogP contribution in [0.15, 0.2) is 12.2 Å². The van der Waals surface area contributed by atoms with E-state index in [1.54, 1.807) is 6.08 Å². The summed E-state index contributed by atoms with van der Waals surface area (Å²) in [5, 5.41) is 2.95. The molecule has 1 N–H and O–H groups in total. The zero-order valence-corrected chi connectivity index (χ0v) is 11.6. The first-order valence-corrected chi connectivity index (χ1v) is 7.35. The Hall–Kier alpha value is -0.830. The van der Waals surface area contributed by atoms with E-state index in [1.165, 1.54) is 32.1 Å². The lowest BCUT2D eigenvalue weighted by molar-refractivity contribution is -0.116. The average molecular weight is 253 g/mol. The van der Waals surface area contributed by atoms with Crippen LogP contribution in [0.25, 0.3) is 0 Å². The maximum absolute atomic E-state index is 11.5. The summed E-state index contributed by atoms with van der Waals surface area (Å²) in [6.07, 6.45) is 12.0. The van der Waals surface area contributed by atoms with Crippen molar-refractivity contribution >= 4 is 5.91 Å². The first-order valence-electron chi connectivity index (χ1n) is 7.35. The zero-order valence-electron chi connectivity index (χ0n) is 11.6. The third-order valence-electron chi connectivity index (χ3n) is 3.31. The number of hydrogen-bond acceptors (Lipinski definition) is 2. The van der Waals surface area contributed by atoms with Crippen LogP contribution < -0.4 is 5.32 Å². The molecule has 1 amide bonds. The molecule has 104 valence electrons. The van der Waals surface area contributed by atoms with Crippen molar-refractivity contribution in [1.82, 2.24) is 5.32 Å². The Morgan fingerprint density at radius 3 is 3.00 bits per heavy atom. The summed E-state index contributed by atoms with van der Waals surface area (Å²) in [6.45, 7) is 4.63. The molecule has 0 aromatic rings. The maximum Gasteiger partial charge on any atom is 0.243 e. The van der Waals surface area contributed by atoms with Crippen molar-refractivity contribution in [3.05, 3.63) is 12.2 Å². The van der Waals surface area contributed by atoms with Crippen LogP contribution in [0.1, 0.15) is 51.9 Å². The molecule has 1 aliphatic rings. The molecule has 0 aliphatic carbocycles. The van der Waals surface area contributed by atoms with E-state index in [-0.39, 0.29) is 5.91 Å². The van der Waals surface area contributed by atoms with Crippen LogP contribution in [0.4, 0.5) is 0 Å². The minimum atomic E-state index is 0.0380. The van der Waals surface area contributed by atoms with Crippen LogP contribution in [0.2, 0.25) is 0 Å². The highest BCUT2D eigenvalue weighted by Crippen LogP contribution is 2.12. The van der Waals surface area contributed by atoms with E-state index in [0.29, 0.717) is 5.92 Å². The normalized spacial score (nSPS) is 20.2. The quantitative estimate of drug-likeness (QED) is 0.533. The topological polar surface area (TPSA) is 38.3 Å². The standard InChI is InChI=1S/C15H27NO2/c1-2-3-4-5-6-7-10-15(17)16-12-14-9-8-11-18-13-14/h7,10,14H,2-6,8-9,11-13H2,1H3,(H,16,17)/b10-7+. The third kappa shape index (κ3) is 7.49. The van der Waals surface area contributed by atoms with Gasteiger partial charge in [0.25, 0.3) is 0 Å². The highest BCUT2D eigenvalue weighted by atomic mass is 16.5. The molecule has 18 heavy (non-hydrogen) atoms. The predicted octanol–water partition coefficient (Wildman–Crippen LogP) is 3.06. The molecule has 1 aliphatic heterocycles. The number of rotatable bonds is 8. The molecule has 0 spiro atoms. The fourth-order valence-corrected chi connectivity index (χ4v) is 2.15. The summed E-state index contributed by atoms with van der Waals surface area (Å²) in [5.41, 5.74) is 0. The van der Waals surface area contributed by atoms with Crippen LogP contribution in [0, 0.1) is 5.92 Å². The lowest BCUT2D eigenvalue weighted by atomic mass is 10.0. The summed E-state index contributed by atoms with van der Waals surface area (Å²) < 4.78 is 5.38. The summed E-state index contributed by atoms with van der Waals surface area (Å²) in [4.78, 5) is 11.5. The second-order valence-electron chi connectivity index (χ2n) is 5.08. The van der Waals surface area contributed by atoms with Gasteiger partial charge in [-0.25, -0.2) is 0 Å². The number of carbonyl (C=O) groups is 1. The van der Waals surface area contributed by atoms with E-state index in [1.807, 2.05) is 6.08 Å². The fraction of sp³-hybridized carbons (Fsp3) is 0.800. The lowest BCUT2D eigenvalue weighted by Gasteiger charge is -2.21. The van der Waals surface area contributed by atoms with Gasteiger partial charge in [-0.05, 0) is 37.7 Å². The van der Waals surface area contributed by atoms with Crippen molar-refractivity contribution in [2.45, 2.75) is 51.9 Å². The summed E-state index contributed by atoms with van der Waals surface area (Å²) in [7, 11) is 0. The van der Waals surface area contributed by atoms with Gasteiger partial charge in [0.15, 0.2) is 0 Å². The summed E-state index contributed by atoms with van der Waals surface area (Å²) in [6, 6.07) is 0. The van der Waals surface area contributed by atoms with Crippen LogP contribution in [0.5, 0.6) is 0 Å². The van der Waals surface area contributed by atoms with Crippen molar-refractivity contribution in [3.8, 4) is 0 Å². The number of unbranched alkanes of at least 4 members (excludes halogenated alkanes) is 4. The second-order valence-corrected chi connectivity index (χ2v) is 5.08. The second kappa shape index (κ2) is 10.1. The summed E-state index contributed by atoms with van der Waals surface area (Å²) >= 11 is 0. The molecule has 1 unspecified atom stereocenters. The molecular formula is C15H27NO2. The maximum atomic E-state index is 11.5. The van der Waals surface area contributed by atoms with E-state index >= 15 is 0 Å². The molecule has 0 aromatic heterocycles. The monoisotopic (exact) mass is 253 g/mol. The molecule has 1 fully saturated rings. The van der Waals surface area contributed by atoms with Crippen molar-refractivity contribution in [2.75, 3.05) is 19.8 Å². The first-order chi connectivity index (χ1) is 8.83. The number of carbonyl (C=O) groups excluding carboxylic acids is 1. The van der Waals surface area contributed by atoms with Crippen molar-refractivity contribution < 1.29 is 9.53 Å².